The molecule has 0 spiro atoms. The quantitative estimate of drug-likeness (QED) is 0.759. The fourth-order valence-electron chi connectivity index (χ4n) is 1.96. The van der Waals surface area contributed by atoms with Crippen LogP contribution in [0.4, 0.5) is 4.79 Å². The van der Waals surface area contributed by atoms with E-state index in [0.29, 0.717) is 26.2 Å². The molecule has 106 valence electrons. The SMILES string of the molecule is COCC1(CO)CN(C(=O)OC(C)(C)C)CCN1. The minimum atomic E-state index is -0.593. The van der Waals surface area contributed by atoms with Gasteiger partial charge in [-0.15, -0.1) is 0 Å². The van der Waals surface area contributed by atoms with E-state index in [1.165, 1.54) is 0 Å². The Morgan fingerprint density at radius 3 is 2.67 bits per heavy atom. The van der Waals surface area contributed by atoms with Gasteiger partial charge in [0.2, 0.25) is 0 Å². The van der Waals surface area contributed by atoms with Gasteiger partial charge in [-0.3, -0.25) is 0 Å². The van der Waals surface area contributed by atoms with Gasteiger partial charge in [0.15, 0.2) is 0 Å². The summed E-state index contributed by atoms with van der Waals surface area (Å²) in [5, 5.41) is 12.7. The molecule has 1 aliphatic heterocycles. The molecule has 6 heteroatoms. The molecule has 1 rings (SSSR count). The summed E-state index contributed by atoms with van der Waals surface area (Å²) in [4.78, 5) is 13.6. The van der Waals surface area contributed by atoms with Gasteiger partial charge in [-0.25, -0.2) is 4.79 Å². The van der Waals surface area contributed by atoms with Crippen LogP contribution in [0.5, 0.6) is 0 Å². The molecule has 0 aliphatic carbocycles. The zero-order valence-electron chi connectivity index (χ0n) is 11.7. The van der Waals surface area contributed by atoms with Crippen molar-refractivity contribution in [3.63, 3.8) is 0 Å². The topological polar surface area (TPSA) is 71.0 Å². The van der Waals surface area contributed by atoms with E-state index in [1.54, 1.807) is 12.0 Å². The summed E-state index contributed by atoms with van der Waals surface area (Å²) in [6, 6.07) is 0. The summed E-state index contributed by atoms with van der Waals surface area (Å²) in [6.07, 6.45) is -0.349. The minimum absolute atomic E-state index is 0.0832. The number of aliphatic hydroxyl groups excluding tert-OH is 1. The molecule has 1 heterocycles. The second-order valence-corrected chi connectivity index (χ2v) is 5.70. The number of carbonyl (C=O) groups is 1. The summed E-state index contributed by atoms with van der Waals surface area (Å²) >= 11 is 0. The van der Waals surface area contributed by atoms with Crippen LogP contribution >= 0.6 is 0 Å². The zero-order chi connectivity index (χ0) is 13.8. The second-order valence-electron chi connectivity index (χ2n) is 5.70. The van der Waals surface area contributed by atoms with Gasteiger partial charge in [0.1, 0.15) is 5.60 Å². The number of nitrogens with zero attached hydrogens (tertiary/aromatic N) is 1. The highest BCUT2D eigenvalue weighted by atomic mass is 16.6. The molecule has 0 bridgehead atoms. The van der Waals surface area contributed by atoms with Gasteiger partial charge in [-0.2, -0.15) is 0 Å². The molecule has 1 unspecified atom stereocenters. The van der Waals surface area contributed by atoms with Gasteiger partial charge in [0.05, 0.1) is 18.8 Å². The standard InChI is InChI=1S/C12H24N2O4/c1-11(2,3)18-10(16)14-6-5-13-12(7-14,8-15)9-17-4/h13,15H,5-9H2,1-4H3. The Morgan fingerprint density at radius 1 is 1.50 bits per heavy atom. The predicted octanol–water partition coefficient (Wildman–Crippen LogP) is 0.204. The van der Waals surface area contributed by atoms with Crippen molar-refractivity contribution in [3.05, 3.63) is 0 Å². The van der Waals surface area contributed by atoms with Gasteiger partial charge in [0, 0.05) is 26.7 Å². The van der Waals surface area contributed by atoms with E-state index < -0.39 is 11.1 Å². The number of nitrogens with one attached hydrogen (secondary N) is 1. The average Bonchev–Trinajstić information content (AvgIpc) is 2.27. The van der Waals surface area contributed by atoms with Crippen molar-refractivity contribution < 1.29 is 19.4 Å². The third-order valence-electron chi connectivity index (χ3n) is 2.75. The number of piperazine rings is 1. The lowest BCUT2D eigenvalue weighted by molar-refractivity contribution is -0.0112. The van der Waals surface area contributed by atoms with Crippen LogP contribution in [0.3, 0.4) is 0 Å². The Kier molecular flexibility index (Phi) is 4.95. The average molecular weight is 260 g/mol. The second kappa shape index (κ2) is 5.86. The number of carbonyl (C=O) groups excluding carboxylic acids is 1. The Morgan fingerprint density at radius 2 is 2.17 bits per heavy atom. The minimum Gasteiger partial charge on any atom is -0.444 e. The molecule has 0 radical (unpaired) electrons. The first-order valence-electron chi connectivity index (χ1n) is 6.15. The summed E-state index contributed by atoms with van der Waals surface area (Å²) in [5.41, 5.74) is -1.10. The first-order chi connectivity index (χ1) is 8.32. The van der Waals surface area contributed by atoms with E-state index in [0.717, 1.165) is 0 Å². The molecule has 0 aromatic carbocycles. The fraction of sp³-hybridized carbons (Fsp3) is 0.917. The van der Waals surface area contributed by atoms with E-state index in [1.807, 2.05) is 20.8 Å². The number of rotatable bonds is 3. The number of hydrogen-bond acceptors (Lipinski definition) is 5. The van der Waals surface area contributed by atoms with E-state index in [2.05, 4.69) is 5.32 Å². The maximum Gasteiger partial charge on any atom is 0.410 e. The zero-order valence-corrected chi connectivity index (χ0v) is 11.7. The van der Waals surface area contributed by atoms with Gasteiger partial charge in [0.25, 0.3) is 0 Å². The van der Waals surface area contributed by atoms with E-state index >= 15 is 0 Å². The van der Waals surface area contributed by atoms with E-state index in [-0.39, 0.29) is 12.7 Å². The Balaban J connectivity index is 2.65. The summed E-state index contributed by atoms with van der Waals surface area (Å²) in [6.45, 7) is 7.34. The van der Waals surface area contributed by atoms with Crippen molar-refractivity contribution in [3.8, 4) is 0 Å². The maximum absolute atomic E-state index is 12.0. The fourth-order valence-corrected chi connectivity index (χ4v) is 1.96. The molecule has 6 nitrogen and oxygen atoms in total. The van der Waals surface area contributed by atoms with Crippen LogP contribution in [0.1, 0.15) is 20.8 Å². The molecule has 1 saturated heterocycles. The van der Waals surface area contributed by atoms with Crippen molar-refractivity contribution in [2.45, 2.75) is 31.9 Å². The molecule has 1 atom stereocenters. The number of amides is 1. The van der Waals surface area contributed by atoms with Crippen LogP contribution in [-0.4, -0.2) is 67.2 Å². The number of aliphatic hydroxyl groups is 1. The predicted molar refractivity (Wildman–Crippen MR) is 67.5 cm³/mol. The first kappa shape index (κ1) is 15.2. The lowest BCUT2D eigenvalue weighted by Gasteiger charge is -2.42. The molecule has 2 N–H and O–H groups in total. The van der Waals surface area contributed by atoms with Gasteiger partial charge >= 0.3 is 6.09 Å². The van der Waals surface area contributed by atoms with E-state index in [4.69, 9.17) is 9.47 Å². The van der Waals surface area contributed by atoms with Crippen LogP contribution in [0.15, 0.2) is 0 Å². The first-order valence-corrected chi connectivity index (χ1v) is 6.15. The molecule has 0 aromatic rings. The monoisotopic (exact) mass is 260 g/mol. The van der Waals surface area contributed by atoms with Crippen molar-refractivity contribution >= 4 is 6.09 Å². The van der Waals surface area contributed by atoms with Crippen LogP contribution in [0.2, 0.25) is 0 Å². The number of methoxy groups -OCH3 is 1. The van der Waals surface area contributed by atoms with Crippen LogP contribution < -0.4 is 5.32 Å². The Hall–Kier alpha value is -0.850. The van der Waals surface area contributed by atoms with Crippen LogP contribution in [0.25, 0.3) is 0 Å². The third kappa shape index (κ3) is 4.12. The lowest BCUT2D eigenvalue weighted by Crippen LogP contribution is -2.65. The molecular weight excluding hydrogens is 236 g/mol. The van der Waals surface area contributed by atoms with Crippen molar-refractivity contribution in [2.24, 2.45) is 0 Å². The maximum atomic E-state index is 12.0. The number of ether oxygens (including phenoxy) is 2. The highest BCUT2D eigenvalue weighted by molar-refractivity contribution is 5.68. The van der Waals surface area contributed by atoms with Crippen molar-refractivity contribution in [1.82, 2.24) is 10.2 Å². The molecule has 18 heavy (non-hydrogen) atoms. The van der Waals surface area contributed by atoms with Crippen molar-refractivity contribution in [1.29, 1.82) is 0 Å². The third-order valence-corrected chi connectivity index (χ3v) is 2.75. The highest BCUT2D eigenvalue weighted by Crippen LogP contribution is 2.16. The van der Waals surface area contributed by atoms with Crippen molar-refractivity contribution in [2.75, 3.05) is 40.0 Å². The smallest absolute Gasteiger partial charge is 0.410 e. The largest absolute Gasteiger partial charge is 0.444 e. The summed E-state index contributed by atoms with van der Waals surface area (Å²) in [5.74, 6) is 0. The Labute approximate surface area is 108 Å². The van der Waals surface area contributed by atoms with Gasteiger partial charge < -0.3 is 24.8 Å². The molecule has 1 fully saturated rings. The molecule has 0 saturated carbocycles. The highest BCUT2D eigenvalue weighted by Gasteiger charge is 2.37. The normalized spacial score (nSPS) is 25.1. The molecule has 0 aromatic heterocycles. The molecular formula is C12H24N2O4. The Bertz CT molecular complexity index is 286. The van der Waals surface area contributed by atoms with Crippen LogP contribution in [0, 0.1) is 0 Å². The summed E-state index contributed by atoms with van der Waals surface area (Å²) < 4.78 is 10.4. The van der Waals surface area contributed by atoms with Gasteiger partial charge in [-0.1, -0.05) is 0 Å². The molecule has 1 aliphatic rings. The number of hydrogen-bond donors (Lipinski definition) is 2. The molecule has 1 amide bonds. The van der Waals surface area contributed by atoms with E-state index in [9.17, 15) is 9.90 Å². The van der Waals surface area contributed by atoms with Crippen LogP contribution in [-0.2, 0) is 9.47 Å². The van der Waals surface area contributed by atoms with Gasteiger partial charge in [-0.05, 0) is 20.8 Å². The summed E-state index contributed by atoms with van der Waals surface area (Å²) in [7, 11) is 1.57. The lowest BCUT2D eigenvalue weighted by atomic mass is 9.99.